The Balaban J connectivity index is 2.31. The molecule has 4 nitrogen and oxygen atoms in total. The number of hydrogen-bond donors (Lipinski definition) is 2. The van der Waals surface area contributed by atoms with Gasteiger partial charge in [-0.25, -0.2) is 4.79 Å². The molecule has 1 aliphatic rings. The van der Waals surface area contributed by atoms with Crippen molar-refractivity contribution in [1.82, 2.24) is 10.2 Å². The van der Waals surface area contributed by atoms with E-state index >= 15 is 0 Å². The fraction of sp³-hybridized carbons (Fsp3) is 0.909. The van der Waals surface area contributed by atoms with Crippen molar-refractivity contribution in [2.75, 3.05) is 20.1 Å². The van der Waals surface area contributed by atoms with Crippen molar-refractivity contribution in [2.24, 2.45) is 0 Å². The van der Waals surface area contributed by atoms with E-state index in [1.165, 1.54) is 6.42 Å². The van der Waals surface area contributed by atoms with Gasteiger partial charge in [-0.05, 0) is 19.8 Å². The van der Waals surface area contributed by atoms with Crippen LogP contribution in [0.1, 0.15) is 39.0 Å². The molecule has 0 atom stereocenters. The number of urea groups is 1. The van der Waals surface area contributed by atoms with Gasteiger partial charge >= 0.3 is 6.03 Å². The summed E-state index contributed by atoms with van der Waals surface area (Å²) in [6, 6.07) is -0.100. The Hall–Kier alpha value is -0.770. The zero-order valence-electron chi connectivity index (χ0n) is 9.75. The first-order valence-electron chi connectivity index (χ1n) is 5.79. The average molecular weight is 214 g/mol. The molecule has 0 spiro atoms. The first kappa shape index (κ1) is 12.3. The normalized spacial score (nSPS) is 19.7. The van der Waals surface area contributed by atoms with Crippen molar-refractivity contribution in [3.05, 3.63) is 0 Å². The number of nitrogens with zero attached hydrogens (tertiary/aromatic N) is 1. The summed E-state index contributed by atoms with van der Waals surface area (Å²) in [5, 5.41) is 12.9. The number of rotatable bonds is 3. The smallest absolute Gasteiger partial charge is 0.317 e. The zero-order valence-corrected chi connectivity index (χ0v) is 9.75. The zero-order chi connectivity index (χ0) is 11.3. The minimum Gasteiger partial charge on any atom is -0.388 e. The van der Waals surface area contributed by atoms with E-state index in [1.54, 1.807) is 11.9 Å². The Morgan fingerprint density at radius 1 is 1.40 bits per heavy atom. The van der Waals surface area contributed by atoms with Crippen LogP contribution >= 0.6 is 0 Å². The largest absolute Gasteiger partial charge is 0.388 e. The molecule has 2 N–H and O–H groups in total. The third-order valence-electron chi connectivity index (χ3n) is 3.17. The van der Waals surface area contributed by atoms with E-state index in [9.17, 15) is 9.90 Å². The molecule has 0 heterocycles. The van der Waals surface area contributed by atoms with Crippen LogP contribution in [0, 0.1) is 0 Å². The SMILES string of the molecule is CCN(C)C(=O)NCC1(O)CCCCC1. The van der Waals surface area contributed by atoms with Crippen LogP contribution in [-0.4, -0.2) is 41.8 Å². The van der Waals surface area contributed by atoms with E-state index in [4.69, 9.17) is 0 Å². The Bertz CT molecular complexity index is 213. The van der Waals surface area contributed by atoms with Gasteiger partial charge in [-0.2, -0.15) is 0 Å². The Labute approximate surface area is 91.6 Å². The number of nitrogens with one attached hydrogen (secondary N) is 1. The van der Waals surface area contributed by atoms with E-state index in [2.05, 4.69) is 5.32 Å². The molecular weight excluding hydrogens is 192 g/mol. The molecule has 0 radical (unpaired) electrons. The van der Waals surface area contributed by atoms with Crippen LogP contribution in [0.15, 0.2) is 0 Å². The highest BCUT2D eigenvalue weighted by atomic mass is 16.3. The second-order valence-electron chi connectivity index (χ2n) is 4.46. The van der Waals surface area contributed by atoms with Crippen molar-refractivity contribution >= 4 is 6.03 Å². The molecule has 0 bridgehead atoms. The highest BCUT2D eigenvalue weighted by Crippen LogP contribution is 2.27. The third-order valence-corrected chi connectivity index (χ3v) is 3.17. The van der Waals surface area contributed by atoms with Crippen LogP contribution < -0.4 is 5.32 Å². The standard InChI is InChI=1S/C11H22N2O2/c1-3-13(2)10(14)12-9-11(15)7-5-4-6-8-11/h15H,3-9H2,1-2H3,(H,12,14). The molecule has 0 aliphatic heterocycles. The molecule has 0 saturated heterocycles. The minimum atomic E-state index is -0.664. The van der Waals surface area contributed by atoms with E-state index in [1.807, 2.05) is 6.92 Å². The van der Waals surface area contributed by atoms with Gasteiger partial charge in [0.1, 0.15) is 0 Å². The maximum Gasteiger partial charge on any atom is 0.317 e. The fourth-order valence-electron chi connectivity index (χ4n) is 1.91. The van der Waals surface area contributed by atoms with Crippen molar-refractivity contribution < 1.29 is 9.90 Å². The summed E-state index contributed by atoms with van der Waals surface area (Å²) in [6.07, 6.45) is 4.95. The molecule has 1 fully saturated rings. The summed E-state index contributed by atoms with van der Waals surface area (Å²) in [7, 11) is 1.75. The van der Waals surface area contributed by atoms with Crippen LogP contribution in [-0.2, 0) is 0 Å². The predicted octanol–water partition coefficient (Wildman–Crippen LogP) is 1.34. The number of amides is 2. The molecule has 1 rings (SSSR count). The number of hydrogen-bond acceptors (Lipinski definition) is 2. The van der Waals surface area contributed by atoms with Gasteiger partial charge < -0.3 is 15.3 Å². The molecule has 4 heteroatoms. The maximum atomic E-state index is 11.5. The van der Waals surface area contributed by atoms with E-state index < -0.39 is 5.60 Å². The first-order valence-corrected chi connectivity index (χ1v) is 5.79. The van der Waals surface area contributed by atoms with Gasteiger partial charge in [0.25, 0.3) is 0 Å². The molecular formula is C11H22N2O2. The van der Waals surface area contributed by atoms with Crippen LogP contribution in [0.2, 0.25) is 0 Å². The summed E-state index contributed by atoms with van der Waals surface area (Å²) in [5.74, 6) is 0. The van der Waals surface area contributed by atoms with Gasteiger partial charge in [-0.3, -0.25) is 0 Å². The highest BCUT2D eigenvalue weighted by Gasteiger charge is 2.29. The quantitative estimate of drug-likeness (QED) is 0.745. The van der Waals surface area contributed by atoms with Crippen molar-refractivity contribution in [2.45, 2.75) is 44.6 Å². The van der Waals surface area contributed by atoms with Crippen molar-refractivity contribution in [3.8, 4) is 0 Å². The minimum absolute atomic E-state index is 0.100. The summed E-state index contributed by atoms with van der Waals surface area (Å²) in [4.78, 5) is 13.1. The van der Waals surface area contributed by atoms with Gasteiger partial charge in [0.2, 0.25) is 0 Å². The molecule has 2 amide bonds. The van der Waals surface area contributed by atoms with E-state index in [-0.39, 0.29) is 6.03 Å². The summed E-state index contributed by atoms with van der Waals surface area (Å²) < 4.78 is 0. The predicted molar refractivity (Wildman–Crippen MR) is 59.7 cm³/mol. The van der Waals surface area contributed by atoms with E-state index in [0.29, 0.717) is 13.1 Å². The summed E-state index contributed by atoms with van der Waals surface area (Å²) >= 11 is 0. The number of carbonyl (C=O) groups excluding carboxylic acids is 1. The molecule has 0 aromatic heterocycles. The second-order valence-corrected chi connectivity index (χ2v) is 4.46. The van der Waals surface area contributed by atoms with Crippen LogP contribution in [0.4, 0.5) is 4.79 Å². The Morgan fingerprint density at radius 3 is 2.53 bits per heavy atom. The third kappa shape index (κ3) is 3.70. The number of aliphatic hydroxyl groups is 1. The molecule has 0 unspecified atom stereocenters. The molecule has 1 aliphatic carbocycles. The molecule has 0 aromatic carbocycles. The maximum absolute atomic E-state index is 11.5. The lowest BCUT2D eigenvalue weighted by atomic mass is 9.85. The van der Waals surface area contributed by atoms with Crippen LogP contribution in [0.25, 0.3) is 0 Å². The van der Waals surface area contributed by atoms with Gasteiger partial charge in [0.05, 0.1) is 5.60 Å². The van der Waals surface area contributed by atoms with Crippen LogP contribution in [0.3, 0.4) is 0 Å². The van der Waals surface area contributed by atoms with Gasteiger partial charge in [-0.15, -0.1) is 0 Å². The van der Waals surface area contributed by atoms with Crippen molar-refractivity contribution in [1.29, 1.82) is 0 Å². The number of carbonyl (C=O) groups is 1. The first-order chi connectivity index (χ1) is 7.07. The average Bonchev–Trinajstić information content (AvgIpc) is 2.26. The molecule has 88 valence electrons. The lowest BCUT2D eigenvalue weighted by Crippen LogP contribution is -2.47. The molecule has 1 saturated carbocycles. The topological polar surface area (TPSA) is 52.6 Å². The Morgan fingerprint density at radius 2 is 2.00 bits per heavy atom. The lowest BCUT2D eigenvalue weighted by Gasteiger charge is -2.32. The summed E-state index contributed by atoms with van der Waals surface area (Å²) in [6.45, 7) is 3.00. The van der Waals surface area contributed by atoms with E-state index in [0.717, 1.165) is 25.7 Å². The summed E-state index contributed by atoms with van der Waals surface area (Å²) in [5.41, 5.74) is -0.664. The van der Waals surface area contributed by atoms with Gasteiger partial charge in [0.15, 0.2) is 0 Å². The molecule has 15 heavy (non-hydrogen) atoms. The monoisotopic (exact) mass is 214 g/mol. The van der Waals surface area contributed by atoms with Gasteiger partial charge in [-0.1, -0.05) is 19.3 Å². The highest BCUT2D eigenvalue weighted by molar-refractivity contribution is 5.73. The van der Waals surface area contributed by atoms with Crippen molar-refractivity contribution in [3.63, 3.8) is 0 Å². The Kier molecular flexibility index (Phi) is 4.39. The fourth-order valence-corrected chi connectivity index (χ4v) is 1.91. The molecule has 0 aromatic rings. The lowest BCUT2D eigenvalue weighted by molar-refractivity contribution is 0.00643. The van der Waals surface area contributed by atoms with Crippen LogP contribution in [0.5, 0.6) is 0 Å². The van der Waals surface area contributed by atoms with Gasteiger partial charge in [0, 0.05) is 20.1 Å². The second kappa shape index (κ2) is 5.35.